The van der Waals surface area contributed by atoms with E-state index in [9.17, 15) is 4.79 Å². The van der Waals surface area contributed by atoms with Gasteiger partial charge < -0.3 is 4.90 Å². The molecule has 0 spiro atoms. The number of anilines is 3. The van der Waals surface area contributed by atoms with Crippen molar-refractivity contribution in [3.05, 3.63) is 89.4 Å². The summed E-state index contributed by atoms with van der Waals surface area (Å²) in [6, 6.07) is 25.7. The Morgan fingerprint density at radius 1 is 0.933 bits per heavy atom. The van der Waals surface area contributed by atoms with Gasteiger partial charge in [-0.15, -0.1) is 5.10 Å². The number of hydrogen-bond acceptors (Lipinski definition) is 5. The molecule has 5 nitrogen and oxygen atoms in total. The maximum absolute atomic E-state index is 12.6. The van der Waals surface area contributed by atoms with Crippen LogP contribution in [0, 0.1) is 0 Å². The molecule has 0 radical (unpaired) electrons. The highest BCUT2D eigenvalue weighted by molar-refractivity contribution is 6.44. The second kappa shape index (κ2) is 8.20. The fourth-order valence-electron chi connectivity index (χ4n) is 3.57. The van der Waals surface area contributed by atoms with Crippen molar-refractivity contribution in [1.29, 1.82) is 0 Å². The smallest absolute Gasteiger partial charge is 0.198 e. The molecule has 0 bridgehead atoms. The van der Waals surface area contributed by atoms with Gasteiger partial charge in [0.25, 0.3) is 0 Å². The minimum Gasteiger partial charge on any atom is -0.378 e. The molecule has 0 amide bonds. The van der Waals surface area contributed by atoms with E-state index in [2.05, 4.69) is 29.2 Å². The Kier molecular flexibility index (Phi) is 5.46. The molecule has 0 N–H and O–H groups in total. The van der Waals surface area contributed by atoms with Gasteiger partial charge in [0.2, 0.25) is 0 Å². The van der Waals surface area contributed by atoms with E-state index in [1.165, 1.54) is 6.92 Å². The molecule has 3 aromatic carbocycles. The Morgan fingerprint density at radius 3 is 2.20 bits per heavy atom. The van der Waals surface area contributed by atoms with Crippen LogP contribution in [0.15, 0.2) is 84.0 Å². The molecule has 152 valence electrons. The molecule has 6 heteroatoms. The number of ketones is 1. The van der Waals surface area contributed by atoms with Crippen molar-refractivity contribution in [3.63, 3.8) is 0 Å². The maximum atomic E-state index is 12.6. The lowest BCUT2D eigenvalue weighted by atomic mass is 10.1. The summed E-state index contributed by atoms with van der Waals surface area (Å²) in [6.45, 7) is 1.54. The van der Waals surface area contributed by atoms with Gasteiger partial charge in [-0.05, 0) is 48.0 Å². The quantitative estimate of drug-likeness (QED) is 0.561. The predicted molar refractivity (Wildman–Crippen MR) is 124 cm³/mol. The number of carbonyl (C=O) groups is 1. The van der Waals surface area contributed by atoms with Crippen LogP contribution in [0.5, 0.6) is 0 Å². The summed E-state index contributed by atoms with van der Waals surface area (Å²) in [5, 5.41) is 7.23. The van der Waals surface area contributed by atoms with E-state index >= 15 is 0 Å². The van der Waals surface area contributed by atoms with Crippen molar-refractivity contribution in [3.8, 4) is 0 Å². The van der Waals surface area contributed by atoms with Crippen LogP contribution in [0.25, 0.3) is 0 Å². The van der Waals surface area contributed by atoms with Crippen molar-refractivity contribution in [2.24, 2.45) is 5.10 Å². The number of Topliss-reactive ketones (excluding diaryl/α,β-unsaturated/α-hetero) is 1. The number of carbonyl (C=O) groups excluding carboxylic acids is 1. The van der Waals surface area contributed by atoms with Crippen LogP contribution in [0.2, 0.25) is 5.02 Å². The number of rotatable bonds is 5. The van der Waals surface area contributed by atoms with Gasteiger partial charge in [-0.3, -0.25) is 9.69 Å². The average Bonchev–Trinajstić information content (AvgIpc) is 3.15. The van der Waals surface area contributed by atoms with Gasteiger partial charge in [0, 0.05) is 37.4 Å². The normalized spacial score (nSPS) is 15.9. The minimum atomic E-state index is -0.319. The monoisotopic (exact) mass is 418 g/mol. The molecule has 0 saturated carbocycles. The summed E-state index contributed by atoms with van der Waals surface area (Å²) in [5.41, 5.74) is 3.84. The Bertz CT molecular complexity index is 1080. The van der Waals surface area contributed by atoms with Crippen molar-refractivity contribution in [2.75, 3.05) is 28.9 Å². The van der Waals surface area contributed by atoms with Crippen LogP contribution < -0.4 is 14.8 Å². The SMILES string of the molecule is CC(=O)C1=NN(c2ccccc2)[C@@H](c2ccc(N(C)C)cc2)N1c1cccc(Cl)c1. The number of amidine groups is 1. The number of hydrazone groups is 1. The summed E-state index contributed by atoms with van der Waals surface area (Å²) in [4.78, 5) is 16.6. The second-order valence-electron chi connectivity index (χ2n) is 7.37. The number of hydrogen-bond donors (Lipinski definition) is 0. The van der Waals surface area contributed by atoms with Crippen LogP contribution in [-0.2, 0) is 4.79 Å². The lowest BCUT2D eigenvalue weighted by Crippen LogP contribution is -2.37. The summed E-state index contributed by atoms with van der Waals surface area (Å²) < 4.78 is 0. The molecule has 1 aliphatic heterocycles. The number of benzene rings is 3. The highest BCUT2D eigenvalue weighted by Gasteiger charge is 2.39. The molecule has 1 heterocycles. The second-order valence-corrected chi connectivity index (χ2v) is 7.81. The summed E-state index contributed by atoms with van der Waals surface area (Å²) in [5.74, 6) is 0.270. The molecule has 3 aromatic rings. The summed E-state index contributed by atoms with van der Waals surface area (Å²) in [7, 11) is 4.02. The third-order valence-electron chi connectivity index (χ3n) is 5.04. The maximum Gasteiger partial charge on any atom is 0.198 e. The number of nitrogens with zero attached hydrogens (tertiary/aromatic N) is 4. The molecule has 4 rings (SSSR count). The molecule has 0 aliphatic carbocycles. The Morgan fingerprint density at radius 2 is 1.60 bits per heavy atom. The molecular weight excluding hydrogens is 396 g/mol. The first-order valence-electron chi connectivity index (χ1n) is 9.71. The summed E-state index contributed by atoms with van der Waals surface area (Å²) >= 11 is 6.28. The Hall–Kier alpha value is -3.31. The van der Waals surface area contributed by atoms with Gasteiger partial charge >= 0.3 is 0 Å². The highest BCUT2D eigenvalue weighted by atomic mass is 35.5. The third-order valence-corrected chi connectivity index (χ3v) is 5.27. The van der Waals surface area contributed by atoms with Crippen molar-refractivity contribution in [2.45, 2.75) is 13.1 Å². The van der Waals surface area contributed by atoms with Gasteiger partial charge in [0.15, 0.2) is 17.8 Å². The van der Waals surface area contributed by atoms with E-state index in [0.29, 0.717) is 10.9 Å². The van der Waals surface area contributed by atoms with Crippen molar-refractivity contribution in [1.82, 2.24) is 0 Å². The predicted octanol–water partition coefficient (Wildman–Crippen LogP) is 5.33. The molecule has 0 saturated heterocycles. The summed E-state index contributed by atoms with van der Waals surface area (Å²) in [6.07, 6.45) is -0.319. The number of halogens is 1. The molecule has 1 aliphatic rings. The van der Waals surface area contributed by atoms with Gasteiger partial charge in [-0.2, -0.15) is 0 Å². The van der Waals surface area contributed by atoms with Crippen LogP contribution in [-0.4, -0.2) is 25.7 Å². The average molecular weight is 419 g/mol. The molecule has 0 aromatic heterocycles. The molecular formula is C24H23ClN4O. The van der Waals surface area contributed by atoms with Crippen LogP contribution in [0.4, 0.5) is 17.1 Å². The van der Waals surface area contributed by atoms with E-state index in [0.717, 1.165) is 22.6 Å². The van der Waals surface area contributed by atoms with Crippen LogP contribution >= 0.6 is 11.6 Å². The van der Waals surface area contributed by atoms with Crippen LogP contribution in [0.3, 0.4) is 0 Å². The van der Waals surface area contributed by atoms with Gasteiger partial charge in [0.05, 0.1) is 5.69 Å². The number of para-hydroxylation sites is 1. The van der Waals surface area contributed by atoms with Crippen LogP contribution in [0.1, 0.15) is 18.7 Å². The first kappa shape index (κ1) is 20.0. The Balaban J connectivity index is 1.88. The minimum absolute atomic E-state index is 0.108. The molecule has 30 heavy (non-hydrogen) atoms. The lowest BCUT2D eigenvalue weighted by Gasteiger charge is -2.32. The fourth-order valence-corrected chi connectivity index (χ4v) is 3.76. The Labute approximate surface area is 181 Å². The van der Waals surface area contributed by atoms with E-state index in [-0.39, 0.29) is 11.9 Å². The van der Waals surface area contributed by atoms with Gasteiger partial charge in [0.1, 0.15) is 0 Å². The lowest BCUT2D eigenvalue weighted by molar-refractivity contribution is -0.111. The third kappa shape index (κ3) is 3.76. The van der Waals surface area contributed by atoms with E-state index in [1.54, 1.807) is 0 Å². The molecule has 0 unspecified atom stereocenters. The van der Waals surface area contributed by atoms with Gasteiger partial charge in [-0.1, -0.05) is 48.0 Å². The standard InChI is InChI=1S/C24H23ClN4O/c1-17(30)23-26-29(21-9-5-4-6-10-21)24(18-12-14-20(15-13-18)27(2)3)28(23)22-11-7-8-19(25)16-22/h4-16,24H,1-3H3/t24-/m0/s1. The first-order valence-corrected chi connectivity index (χ1v) is 10.1. The highest BCUT2D eigenvalue weighted by Crippen LogP contribution is 2.39. The topological polar surface area (TPSA) is 39.2 Å². The van der Waals surface area contributed by atoms with Crippen molar-refractivity contribution < 1.29 is 4.79 Å². The zero-order valence-electron chi connectivity index (χ0n) is 17.2. The van der Waals surface area contributed by atoms with E-state index in [4.69, 9.17) is 16.7 Å². The zero-order valence-corrected chi connectivity index (χ0v) is 17.9. The fraction of sp³-hybridized carbons (Fsp3) is 0.167. The van der Waals surface area contributed by atoms with E-state index in [1.807, 2.05) is 78.6 Å². The largest absolute Gasteiger partial charge is 0.378 e. The molecule has 1 atom stereocenters. The molecule has 0 fully saturated rings. The van der Waals surface area contributed by atoms with Crippen molar-refractivity contribution >= 4 is 40.3 Å². The van der Waals surface area contributed by atoms with E-state index < -0.39 is 0 Å². The first-order chi connectivity index (χ1) is 14.5. The zero-order chi connectivity index (χ0) is 21.3. The van der Waals surface area contributed by atoms with Gasteiger partial charge in [-0.25, -0.2) is 5.01 Å².